The Kier molecular flexibility index (Phi) is 3.97. The van der Waals surface area contributed by atoms with E-state index >= 15 is 0 Å². The topological polar surface area (TPSA) is 75.4 Å². The summed E-state index contributed by atoms with van der Waals surface area (Å²) in [4.78, 5) is 26.0. The van der Waals surface area contributed by atoms with Gasteiger partial charge in [0.05, 0.1) is 28.9 Å². The van der Waals surface area contributed by atoms with Gasteiger partial charge in [-0.3, -0.25) is 14.3 Å². The maximum atomic E-state index is 12.9. The van der Waals surface area contributed by atoms with Gasteiger partial charge in [0.25, 0.3) is 5.91 Å². The van der Waals surface area contributed by atoms with Crippen LogP contribution >= 0.6 is 0 Å². The molecule has 1 aromatic rings. The molecule has 1 saturated carbocycles. The van der Waals surface area contributed by atoms with Gasteiger partial charge in [0, 0.05) is 13.1 Å². The van der Waals surface area contributed by atoms with Crippen LogP contribution in [0.15, 0.2) is 6.20 Å². The number of carbonyl (C=O) groups excluding carboxylic acids is 1. The van der Waals surface area contributed by atoms with Crippen molar-refractivity contribution in [3.63, 3.8) is 0 Å². The highest BCUT2D eigenvalue weighted by atomic mass is 16.4. The van der Waals surface area contributed by atoms with E-state index < -0.39 is 5.97 Å². The van der Waals surface area contributed by atoms with E-state index in [0.29, 0.717) is 18.7 Å². The molecule has 6 nitrogen and oxygen atoms in total. The zero-order valence-electron chi connectivity index (χ0n) is 15.0. The molecule has 1 N–H and O–H groups in total. The van der Waals surface area contributed by atoms with Gasteiger partial charge < -0.3 is 10.0 Å². The molecule has 6 heteroatoms. The summed E-state index contributed by atoms with van der Waals surface area (Å²) >= 11 is 0. The molecule has 3 rings (SSSR count). The number of carboxylic acid groups (broad SMARTS) is 1. The van der Waals surface area contributed by atoms with E-state index in [1.54, 1.807) is 6.20 Å². The summed E-state index contributed by atoms with van der Waals surface area (Å²) in [6.45, 7) is 9.58. The molecule has 1 aliphatic heterocycles. The maximum absolute atomic E-state index is 12.9. The molecule has 1 atom stereocenters. The molecular weight excluding hydrogens is 306 g/mol. The zero-order chi connectivity index (χ0) is 17.7. The van der Waals surface area contributed by atoms with Crippen molar-refractivity contribution in [2.24, 2.45) is 11.3 Å². The largest absolute Gasteiger partial charge is 0.481 e. The molecule has 2 heterocycles. The Balaban J connectivity index is 1.73. The third kappa shape index (κ3) is 2.72. The van der Waals surface area contributed by atoms with Gasteiger partial charge in [0.15, 0.2) is 0 Å². The molecule has 2 aliphatic rings. The summed E-state index contributed by atoms with van der Waals surface area (Å²) in [6, 6.07) is 0. The first-order valence-corrected chi connectivity index (χ1v) is 8.79. The molecule has 1 saturated heterocycles. The monoisotopic (exact) mass is 333 g/mol. The highest BCUT2D eigenvalue weighted by Crippen LogP contribution is 2.59. The fourth-order valence-corrected chi connectivity index (χ4v) is 4.05. The van der Waals surface area contributed by atoms with Crippen molar-refractivity contribution in [2.45, 2.75) is 58.9 Å². The maximum Gasteiger partial charge on any atom is 0.307 e. The average Bonchev–Trinajstić information content (AvgIpc) is 3.04. The normalized spacial score (nSPS) is 22.7. The van der Waals surface area contributed by atoms with Crippen LogP contribution in [0.2, 0.25) is 0 Å². The van der Waals surface area contributed by atoms with Gasteiger partial charge >= 0.3 is 5.97 Å². The van der Waals surface area contributed by atoms with Gasteiger partial charge in [-0.1, -0.05) is 6.92 Å². The number of amides is 1. The Bertz CT molecular complexity index is 664. The fraction of sp³-hybridized carbons (Fsp3) is 0.722. The van der Waals surface area contributed by atoms with Crippen molar-refractivity contribution < 1.29 is 14.7 Å². The lowest BCUT2D eigenvalue weighted by Crippen LogP contribution is -2.40. The van der Waals surface area contributed by atoms with Gasteiger partial charge in [-0.25, -0.2) is 0 Å². The minimum Gasteiger partial charge on any atom is -0.481 e. The number of aromatic nitrogens is 2. The van der Waals surface area contributed by atoms with Gasteiger partial charge in [0.1, 0.15) is 0 Å². The van der Waals surface area contributed by atoms with Crippen LogP contribution < -0.4 is 0 Å². The molecular formula is C18H27N3O3. The number of piperidine rings is 1. The molecule has 24 heavy (non-hydrogen) atoms. The SMILES string of the molecule is CCc1c(C(=O)N2CCC3(CC2)CC3C(=O)O)cnn1C(C)(C)C. The lowest BCUT2D eigenvalue weighted by atomic mass is 9.90. The van der Waals surface area contributed by atoms with E-state index in [9.17, 15) is 14.7 Å². The third-order valence-corrected chi connectivity index (χ3v) is 5.60. The summed E-state index contributed by atoms with van der Waals surface area (Å²) in [5, 5.41) is 13.6. The van der Waals surface area contributed by atoms with E-state index in [1.165, 1.54) is 0 Å². The van der Waals surface area contributed by atoms with Crippen LogP contribution in [0.4, 0.5) is 0 Å². The molecule has 1 aromatic heterocycles. The molecule has 1 unspecified atom stereocenters. The molecule has 1 spiro atoms. The predicted octanol–water partition coefficient (Wildman–Crippen LogP) is 2.53. The van der Waals surface area contributed by atoms with Crippen LogP contribution in [0.3, 0.4) is 0 Å². The Hall–Kier alpha value is -1.85. The van der Waals surface area contributed by atoms with Crippen LogP contribution in [-0.4, -0.2) is 44.8 Å². The quantitative estimate of drug-likeness (QED) is 0.922. The number of rotatable bonds is 3. The van der Waals surface area contributed by atoms with Crippen molar-refractivity contribution in [3.8, 4) is 0 Å². The molecule has 0 aromatic carbocycles. The Morgan fingerprint density at radius 3 is 2.42 bits per heavy atom. The number of hydrogen-bond acceptors (Lipinski definition) is 3. The highest BCUT2D eigenvalue weighted by molar-refractivity contribution is 5.95. The van der Waals surface area contributed by atoms with Crippen LogP contribution in [0.1, 0.15) is 63.0 Å². The Morgan fingerprint density at radius 1 is 1.33 bits per heavy atom. The average molecular weight is 333 g/mol. The number of carbonyl (C=O) groups is 2. The van der Waals surface area contributed by atoms with Gasteiger partial charge in [-0.15, -0.1) is 0 Å². The van der Waals surface area contributed by atoms with Crippen LogP contribution in [0.5, 0.6) is 0 Å². The van der Waals surface area contributed by atoms with Crippen molar-refractivity contribution in [1.82, 2.24) is 14.7 Å². The number of aliphatic carboxylic acids is 1. The number of nitrogens with zero attached hydrogens (tertiary/aromatic N) is 3. The molecule has 132 valence electrons. The minimum absolute atomic E-state index is 0.0322. The third-order valence-electron chi connectivity index (χ3n) is 5.60. The van der Waals surface area contributed by atoms with Crippen molar-refractivity contribution in [1.29, 1.82) is 0 Å². The van der Waals surface area contributed by atoms with Crippen LogP contribution in [0.25, 0.3) is 0 Å². The van der Waals surface area contributed by atoms with E-state index in [4.69, 9.17) is 0 Å². The van der Waals surface area contributed by atoms with Gasteiger partial charge in [0.2, 0.25) is 0 Å². The second-order valence-electron chi connectivity index (χ2n) is 8.19. The van der Waals surface area contributed by atoms with Crippen LogP contribution in [0, 0.1) is 11.3 Å². The van der Waals surface area contributed by atoms with E-state index in [2.05, 4.69) is 25.9 Å². The fourth-order valence-electron chi connectivity index (χ4n) is 4.05. The minimum atomic E-state index is -0.686. The zero-order valence-corrected chi connectivity index (χ0v) is 15.0. The smallest absolute Gasteiger partial charge is 0.307 e. The van der Waals surface area contributed by atoms with Gasteiger partial charge in [-0.05, 0) is 51.9 Å². The first-order chi connectivity index (χ1) is 11.2. The molecule has 1 amide bonds. The summed E-state index contributed by atoms with van der Waals surface area (Å²) in [7, 11) is 0. The molecule has 2 fully saturated rings. The van der Waals surface area contributed by atoms with E-state index in [0.717, 1.165) is 31.4 Å². The number of hydrogen-bond donors (Lipinski definition) is 1. The first kappa shape index (κ1) is 17.0. The summed E-state index contributed by atoms with van der Waals surface area (Å²) in [5.41, 5.74) is 1.46. The Morgan fingerprint density at radius 2 is 1.96 bits per heavy atom. The molecule has 1 aliphatic carbocycles. The lowest BCUT2D eigenvalue weighted by molar-refractivity contribution is -0.139. The second-order valence-corrected chi connectivity index (χ2v) is 8.19. The predicted molar refractivity (Wildman–Crippen MR) is 89.9 cm³/mol. The summed E-state index contributed by atoms with van der Waals surface area (Å²) in [5.74, 6) is -0.858. The molecule has 0 bridgehead atoms. The summed E-state index contributed by atoms with van der Waals surface area (Å²) < 4.78 is 1.94. The van der Waals surface area contributed by atoms with Gasteiger partial charge in [-0.2, -0.15) is 5.10 Å². The summed E-state index contributed by atoms with van der Waals surface area (Å²) in [6.07, 6.45) is 4.81. The van der Waals surface area contributed by atoms with Crippen LogP contribution in [-0.2, 0) is 16.8 Å². The second kappa shape index (κ2) is 5.60. The number of likely N-dealkylation sites (tertiary alicyclic amines) is 1. The molecule has 0 radical (unpaired) electrons. The Labute approximate surface area is 142 Å². The van der Waals surface area contributed by atoms with Crippen molar-refractivity contribution in [2.75, 3.05) is 13.1 Å². The lowest BCUT2D eigenvalue weighted by Gasteiger charge is -2.32. The number of carboxylic acids is 1. The van der Waals surface area contributed by atoms with E-state index in [-0.39, 0.29) is 22.8 Å². The first-order valence-electron chi connectivity index (χ1n) is 8.79. The highest BCUT2D eigenvalue weighted by Gasteiger charge is 2.59. The standard InChI is InChI=1S/C18H27N3O3/c1-5-14-12(11-19-21(14)17(2,3)4)15(22)20-8-6-18(7-9-20)10-13(18)16(23)24/h11,13H,5-10H2,1-4H3,(H,23,24). The van der Waals surface area contributed by atoms with E-state index in [1.807, 2.05) is 16.5 Å². The van der Waals surface area contributed by atoms with Crippen molar-refractivity contribution in [3.05, 3.63) is 17.5 Å². The van der Waals surface area contributed by atoms with Crippen molar-refractivity contribution >= 4 is 11.9 Å².